The molecule has 0 radical (unpaired) electrons. The molecule has 3 heterocycles. The molecule has 3 aromatic rings. The van der Waals surface area contributed by atoms with E-state index in [1.54, 1.807) is 12.4 Å². The van der Waals surface area contributed by atoms with Crippen LogP contribution in [-0.4, -0.2) is 56.5 Å². The van der Waals surface area contributed by atoms with Crippen LogP contribution in [0.4, 0.5) is 0 Å². The van der Waals surface area contributed by atoms with E-state index < -0.39 is 5.60 Å². The number of hydrogen-bond donors (Lipinski definition) is 2. The van der Waals surface area contributed by atoms with Crippen molar-refractivity contribution in [1.29, 1.82) is 0 Å². The monoisotopic (exact) mass is 476 g/mol. The van der Waals surface area contributed by atoms with E-state index in [-0.39, 0.29) is 17.4 Å². The summed E-state index contributed by atoms with van der Waals surface area (Å²) < 4.78 is 5.61. The molecule has 0 spiro atoms. The van der Waals surface area contributed by atoms with Crippen molar-refractivity contribution in [3.8, 4) is 11.4 Å². The molecule has 2 N–H and O–H groups in total. The van der Waals surface area contributed by atoms with Gasteiger partial charge < -0.3 is 19.6 Å². The quantitative estimate of drug-likeness (QED) is 0.542. The van der Waals surface area contributed by atoms with Crippen molar-refractivity contribution in [2.45, 2.75) is 70.0 Å². The van der Waals surface area contributed by atoms with Crippen LogP contribution in [0.15, 0.2) is 47.2 Å². The molecule has 1 aliphatic heterocycles. The van der Waals surface area contributed by atoms with Crippen molar-refractivity contribution in [2.75, 3.05) is 20.1 Å². The van der Waals surface area contributed by atoms with Crippen LogP contribution in [0.1, 0.15) is 80.9 Å². The van der Waals surface area contributed by atoms with Crippen LogP contribution in [-0.2, 0) is 5.60 Å². The zero-order valence-electron chi connectivity index (χ0n) is 21.1. The SMILES string of the molecule is CC(C)c1ccc([C@](O)(c2cncc(-c3noc(C4CCC(O)CC4)n3)c2)C2(C)CN(C)C2)cc1. The summed E-state index contributed by atoms with van der Waals surface area (Å²) in [5.74, 6) is 1.70. The first-order chi connectivity index (χ1) is 16.7. The maximum Gasteiger partial charge on any atom is 0.230 e. The molecule has 2 fully saturated rings. The Morgan fingerprint density at radius 2 is 1.74 bits per heavy atom. The molecular weight excluding hydrogens is 440 g/mol. The van der Waals surface area contributed by atoms with Crippen molar-refractivity contribution in [3.63, 3.8) is 0 Å². The second-order valence-electron chi connectivity index (χ2n) is 11.1. The Balaban J connectivity index is 1.50. The summed E-state index contributed by atoms with van der Waals surface area (Å²) in [6.07, 6.45) is 6.46. The lowest BCUT2D eigenvalue weighted by Gasteiger charge is -2.55. The molecule has 7 heteroatoms. The standard InChI is InChI=1S/C28H36N4O3/c1-18(2)19-5-9-22(10-6-19)28(34,27(3)16-32(4)17-27)23-13-21(14-29-15-23)25-30-26(35-31-25)20-7-11-24(33)12-8-20/h5-6,9-10,13-15,18,20,24,33-34H,7-8,11-12,16-17H2,1-4H3/t20?,24?,28-/m0/s1. The van der Waals surface area contributed by atoms with Gasteiger partial charge in [-0.25, -0.2) is 0 Å². The van der Waals surface area contributed by atoms with Gasteiger partial charge in [-0.15, -0.1) is 0 Å². The minimum absolute atomic E-state index is 0.177. The van der Waals surface area contributed by atoms with E-state index >= 15 is 0 Å². The molecule has 1 atom stereocenters. The van der Waals surface area contributed by atoms with Crippen molar-refractivity contribution in [3.05, 3.63) is 65.3 Å². The van der Waals surface area contributed by atoms with Gasteiger partial charge in [0.15, 0.2) is 0 Å². The Bertz CT molecular complexity index is 1160. The highest BCUT2D eigenvalue weighted by Crippen LogP contribution is 2.50. The third kappa shape index (κ3) is 4.30. The molecule has 2 aromatic heterocycles. The summed E-state index contributed by atoms with van der Waals surface area (Å²) in [5, 5.41) is 26.5. The molecule has 2 aliphatic rings. The van der Waals surface area contributed by atoms with Crippen LogP contribution in [0.2, 0.25) is 0 Å². The van der Waals surface area contributed by atoms with E-state index in [0.717, 1.165) is 55.5 Å². The van der Waals surface area contributed by atoms with Gasteiger partial charge in [0.1, 0.15) is 5.60 Å². The van der Waals surface area contributed by atoms with E-state index in [1.807, 2.05) is 6.07 Å². The van der Waals surface area contributed by atoms with Gasteiger partial charge in [-0.3, -0.25) is 4.98 Å². The highest BCUT2D eigenvalue weighted by Gasteiger charge is 2.55. The number of benzene rings is 1. The molecule has 0 bridgehead atoms. The van der Waals surface area contributed by atoms with Crippen molar-refractivity contribution in [2.24, 2.45) is 5.41 Å². The number of aromatic nitrogens is 3. The van der Waals surface area contributed by atoms with E-state index in [2.05, 4.69) is 72.1 Å². The number of aliphatic hydroxyl groups excluding tert-OH is 1. The zero-order chi connectivity index (χ0) is 24.8. The van der Waals surface area contributed by atoms with Gasteiger partial charge in [0.2, 0.25) is 11.7 Å². The Labute approximate surface area is 207 Å². The van der Waals surface area contributed by atoms with Gasteiger partial charge >= 0.3 is 0 Å². The average Bonchev–Trinajstić information content (AvgIpc) is 3.33. The van der Waals surface area contributed by atoms with Gasteiger partial charge in [-0.2, -0.15) is 4.98 Å². The minimum atomic E-state index is -1.22. The molecule has 35 heavy (non-hydrogen) atoms. The summed E-state index contributed by atoms with van der Waals surface area (Å²) in [6.45, 7) is 8.04. The topological polar surface area (TPSA) is 95.5 Å². The van der Waals surface area contributed by atoms with Crippen molar-refractivity contribution in [1.82, 2.24) is 20.0 Å². The van der Waals surface area contributed by atoms with Crippen LogP contribution >= 0.6 is 0 Å². The first-order valence-electron chi connectivity index (χ1n) is 12.7. The lowest BCUT2D eigenvalue weighted by atomic mass is 9.62. The van der Waals surface area contributed by atoms with E-state index in [4.69, 9.17) is 4.52 Å². The molecule has 186 valence electrons. The molecule has 7 nitrogen and oxygen atoms in total. The van der Waals surface area contributed by atoms with Gasteiger partial charge in [0.05, 0.1) is 6.10 Å². The Kier molecular flexibility index (Phi) is 6.28. The fraction of sp³-hybridized carbons (Fsp3) is 0.536. The minimum Gasteiger partial charge on any atom is -0.393 e. The van der Waals surface area contributed by atoms with Crippen LogP contribution in [0.3, 0.4) is 0 Å². The zero-order valence-corrected chi connectivity index (χ0v) is 21.1. The first kappa shape index (κ1) is 24.1. The van der Waals surface area contributed by atoms with Crippen LogP contribution in [0, 0.1) is 5.41 Å². The van der Waals surface area contributed by atoms with E-state index in [1.165, 1.54) is 5.56 Å². The number of likely N-dealkylation sites (tertiary alicyclic amines) is 1. The molecule has 1 saturated heterocycles. The largest absolute Gasteiger partial charge is 0.393 e. The number of pyridine rings is 1. The van der Waals surface area contributed by atoms with Crippen LogP contribution in [0.5, 0.6) is 0 Å². The third-order valence-electron chi connectivity index (χ3n) is 8.01. The normalized spacial score (nSPS) is 24.2. The van der Waals surface area contributed by atoms with Gasteiger partial charge in [0, 0.05) is 47.9 Å². The van der Waals surface area contributed by atoms with Gasteiger partial charge in [-0.1, -0.05) is 50.2 Å². The summed E-state index contributed by atoms with van der Waals surface area (Å²) in [4.78, 5) is 11.4. The van der Waals surface area contributed by atoms with Gasteiger partial charge in [0.25, 0.3) is 0 Å². The maximum absolute atomic E-state index is 12.4. The lowest BCUT2D eigenvalue weighted by molar-refractivity contribution is -0.127. The first-order valence-corrected chi connectivity index (χ1v) is 12.7. The molecule has 1 aromatic carbocycles. The summed E-state index contributed by atoms with van der Waals surface area (Å²) in [7, 11) is 2.07. The molecule has 5 rings (SSSR count). The number of nitrogens with zero attached hydrogens (tertiary/aromatic N) is 4. The number of aliphatic hydroxyl groups is 2. The fourth-order valence-corrected chi connectivity index (χ4v) is 5.95. The van der Waals surface area contributed by atoms with Crippen molar-refractivity contribution < 1.29 is 14.7 Å². The van der Waals surface area contributed by atoms with E-state index in [9.17, 15) is 10.2 Å². The summed E-state index contributed by atoms with van der Waals surface area (Å²) in [6, 6.07) is 10.3. The molecule has 0 unspecified atom stereocenters. The predicted molar refractivity (Wildman–Crippen MR) is 134 cm³/mol. The molecule has 1 saturated carbocycles. The van der Waals surface area contributed by atoms with Crippen LogP contribution < -0.4 is 0 Å². The fourth-order valence-electron chi connectivity index (χ4n) is 5.95. The predicted octanol–water partition coefficient (Wildman–Crippen LogP) is 4.46. The average molecular weight is 477 g/mol. The third-order valence-corrected chi connectivity index (χ3v) is 8.01. The van der Waals surface area contributed by atoms with Gasteiger partial charge in [-0.05, 0) is 55.8 Å². The Morgan fingerprint density at radius 1 is 1.06 bits per heavy atom. The summed E-state index contributed by atoms with van der Waals surface area (Å²) >= 11 is 0. The molecular formula is C28H36N4O3. The van der Waals surface area contributed by atoms with Crippen LogP contribution in [0.25, 0.3) is 11.4 Å². The second kappa shape index (κ2) is 9.12. The Hall–Kier alpha value is -2.61. The smallest absolute Gasteiger partial charge is 0.230 e. The molecule has 0 amide bonds. The number of rotatable bonds is 6. The second-order valence-corrected chi connectivity index (χ2v) is 11.1. The maximum atomic E-state index is 12.4. The number of hydrogen-bond acceptors (Lipinski definition) is 7. The van der Waals surface area contributed by atoms with E-state index in [0.29, 0.717) is 17.6 Å². The highest BCUT2D eigenvalue weighted by atomic mass is 16.5. The van der Waals surface area contributed by atoms with Crippen molar-refractivity contribution >= 4 is 0 Å². The summed E-state index contributed by atoms with van der Waals surface area (Å²) in [5.41, 5.74) is 1.98. The highest BCUT2D eigenvalue weighted by molar-refractivity contribution is 5.56. The Morgan fingerprint density at radius 3 is 2.37 bits per heavy atom. The molecule has 1 aliphatic carbocycles. The lowest BCUT2D eigenvalue weighted by Crippen LogP contribution is -2.63.